The van der Waals surface area contributed by atoms with Crippen molar-refractivity contribution in [3.8, 4) is 0 Å². The summed E-state index contributed by atoms with van der Waals surface area (Å²) in [7, 11) is 3.67. The molecule has 0 bridgehead atoms. The predicted octanol–water partition coefficient (Wildman–Crippen LogP) is 2.76. The van der Waals surface area contributed by atoms with Gasteiger partial charge in [-0.05, 0) is 31.2 Å². The minimum absolute atomic E-state index is 0.268. The Hall–Kier alpha value is -2.14. The highest BCUT2D eigenvalue weighted by atomic mass is 35.5. The van der Waals surface area contributed by atoms with E-state index in [9.17, 15) is 4.79 Å². The molecule has 2 aromatic rings. The van der Waals surface area contributed by atoms with E-state index in [0.717, 1.165) is 5.69 Å². The van der Waals surface area contributed by atoms with E-state index < -0.39 is 0 Å². The number of hydrogen-bond donors (Lipinski definition) is 1. The van der Waals surface area contributed by atoms with Crippen LogP contribution in [0.3, 0.4) is 0 Å². The summed E-state index contributed by atoms with van der Waals surface area (Å²) in [5, 5.41) is 3.01. The summed E-state index contributed by atoms with van der Waals surface area (Å²) in [6, 6.07) is 8.64. The summed E-state index contributed by atoms with van der Waals surface area (Å²) in [5.41, 5.74) is 1.28. The Bertz CT molecular complexity index is 643. The molecule has 0 saturated heterocycles. The van der Waals surface area contributed by atoms with Gasteiger partial charge in [0.25, 0.3) is 5.91 Å². The zero-order chi connectivity index (χ0) is 14.7. The van der Waals surface area contributed by atoms with Gasteiger partial charge in [0.05, 0.1) is 0 Å². The third-order valence-corrected chi connectivity index (χ3v) is 2.82. The van der Waals surface area contributed by atoms with Crippen molar-refractivity contribution in [2.75, 3.05) is 24.3 Å². The molecule has 1 N–H and O–H groups in total. The molecule has 6 heteroatoms. The van der Waals surface area contributed by atoms with Crippen LogP contribution in [0.1, 0.15) is 16.1 Å². The number of carbonyl (C=O) groups excluding carboxylic acids is 1. The molecule has 104 valence electrons. The van der Waals surface area contributed by atoms with E-state index in [0.29, 0.717) is 17.2 Å². The second-order valence-electron chi connectivity index (χ2n) is 4.55. The quantitative estimate of drug-likeness (QED) is 0.883. The third kappa shape index (κ3) is 3.45. The summed E-state index contributed by atoms with van der Waals surface area (Å²) >= 11 is 5.93. The van der Waals surface area contributed by atoms with Crippen LogP contribution in [0, 0.1) is 6.92 Å². The van der Waals surface area contributed by atoms with E-state index in [1.807, 2.05) is 33.2 Å². The number of hydrogen-bond acceptors (Lipinski definition) is 4. The molecule has 0 aliphatic heterocycles. The Morgan fingerprint density at radius 2 is 2.00 bits per heavy atom. The summed E-state index contributed by atoms with van der Waals surface area (Å²) in [4.78, 5) is 22.3. The maximum absolute atomic E-state index is 12.2. The second-order valence-corrected chi connectivity index (χ2v) is 4.94. The Kier molecular flexibility index (Phi) is 4.20. The molecule has 2 heterocycles. The SMILES string of the molecule is Cc1cccc(NC(=O)c2cc(Cl)nc(N(C)C)c2)n1. The first-order chi connectivity index (χ1) is 9.45. The van der Waals surface area contributed by atoms with Crippen LogP contribution < -0.4 is 10.2 Å². The van der Waals surface area contributed by atoms with Gasteiger partial charge in [0, 0.05) is 25.4 Å². The molecule has 1 amide bonds. The average molecular weight is 291 g/mol. The molecule has 0 fully saturated rings. The van der Waals surface area contributed by atoms with E-state index in [1.165, 1.54) is 6.07 Å². The molecule has 0 unspecified atom stereocenters. The normalized spacial score (nSPS) is 10.2. The van der Waals surface area contributed by atoms with Crippen LogP contribution in [0.15, 0.2) is 30.3 Å². The number of pyridine rings is 2. The van der Waals surface area contributed by atoms with Crippen LogP contribution in [-0.2, 0) is 0 Å². The van der Waals surface area contributed by atoms with Crippen molar-refractivity contribution < 1.29 is 4.79 Å². The lowest BCUT2D eigenvalue weighted by Gasteiger charge is -2.13. The van der Waals surface area contributed by atoms with Crippen LogP contribution in [0.25, 0.3) is 0 Å². The Morgan fingerprint density at radius 3 is 2.65 bits per heavy atom. The number of aromatic nitrogens is 2. The highest BCUT2D eigenvalue weighted by molar-refractivity contribution is 6.30. The number of carbonyl (C=O) groups is 1. The van der Waals surface area contributed by atoms with Gasteiger partial charge in [0.1, 0.15) is 16.8 Å². The number of nitrogens with zero attached hydrogens (tertiary/aromatic N) is 3. The average Bonchev–Trinajstić information content (AvgIpc) is 2.37. The molecule has 0 aliphatic carbocycles. The molecule has 2 rings (SSSR count). The monoisotopic (exact) mass is 290 g/mol. The molecule has 20 heavy (non-hydrogen) atoms. The number of halogens is 1. The van der Waals surface area contributed by atoms with Gasteiger partial charge in [-0.3, -0.25) is 4.79 Å². The first kappa shape index (κ1) is 14.3. The van der Waals surface area contributed by atoms with Crippen LogP contribution in [0.5, 0.6) is 0 Å². The van der Waals surface area contributed by atoms with Gasteiger partial charge < -0.3 is 10.2 Å². The van der Waals surface area contributed by atoms with Crippen molar-refractivity contribution in [3.63, 3.8) is 0 Å². The molecule has 0 aromatic carbocycles. The molecule has 0 atom stereocenters. The van der Waals surface area contributed by atoms with Crippen molar-refractivity contribution in [1.29, 1.82) is 0 Å². The van der Waals surface area contributed by atoms with Crippen LogP contribution in [0.2, 0.25) is 5.15 Å². The van der Waals surface area contributed by atoms with Gasteiger partial charge in [-0.1, -0.05) is 17.7 Å². The van der Waals surface area contributed by atoms with Gasteiger partial charge in [-0.2, -0.15) is 0 Å². The minimum atomic E-state index is -0.268. The molecule has 0 spiro atoms. The number of amides is 1. The lowest BCUT2D eigenvalue weighted by Crippen LogP contribution is -2.16. The Labute approximate surface area is 122 Å². The van der Waals surface area contributed by atoms with Crippen molar-refractivity contribution >= 4 is 29.1 Å². The highest BCUT2D eigenvalue weighted by Crippen LogP contribution is 2.17. The summed E-state index contributed by atoms with van der Waals surface area (Å²) in [5.74, 6) is 0.865. The fourth-order valence-corrected chi connectivity index (χ4v) is 1.85. The summed E-state index contributed by atoms with van der Waals surface area (Å²) in [6.07, 6.45) is 0. The second kappa shape index (κ2) is 5.88. The fraction of sp³-hybridized carbons (Fsp3) is 0.214. The number of rotatable bonds is 3. The molecular weight excluding hydrogens is 276 g/mol. The van der Waals surface area contributed by atoms with Crippen molar-refractivity contribution in [3.05, 3.63) is 46.7 Å². The van der Waals surface area contributed by atoms with Gasteiger partial charge >= 0.3 is 0 Å². The van der Waals surface area contributed by atoms with E-state index in [-0.39, 0.29) is 11.1 Å². The smallest absolute Gasteiger partial charge is 0.257 e. The molecule has 2 aromatic heterocycles. The van der Waals surface area contributed by atoms with Gasteiger partial charge in [-0.25, -0.2) is 9.97 Å². The van der Waals surface area contributed by atoms with Crippen molar-refractivity contribution in [2.45, 2.75) is 6.92 Å². The Morgan fingerprint density at radius 1 is 1.25 bits per heavy atom. The number of aryl methyl sites for hydroxylation is 1. The van der Waals surface area contributed by atoms with E-state index in [1.54, 1.807) is 17.0 Å². The zero-order valence-electron chi connectivity index (χ0n) is 11.5. The maximum Gasteiger partial charge on any atom is 0.257 e. The summed E-state index contributed by atoms with van der Waals surface area (Å²) in [6.45, 7) is 1.86. The topological polar surface area (TPSA) is 58.1 Å². The molecule has 5 nitrogen and oxygen atoms in total. The van der Waals surface area contributed by atoms with Gasteiger partial charge in [0.2, 0.25) is 0 Å². The summed E-state index contributed by atoms with van der Waals surface area (Å²) < 4.78 is 0. The van der Waals surface area contributed by atoms with E-state index >= 15 is 0 Å². The third-order valence-electron chi connectivity index (χ3n) is 2.63. The predicted molar refractivity (Wildman–Crippen MR) is 80.5 cm³/mol. The number of nitrogens with one attached hydrogen (secondary N) is 1. The van der Waals surface area contributed by atoms with Crippen molar-refractivity contribution in [2.24, 2.45) is 0 Å². The van der Waals surface area contributed by atoms with E-state index in [4.69, 9.17) is 11.6 Å². The van der Waals surface area contributed by atoms with Gasteiger partial charge in [-0.15, -0.1) is 0 Å². The lowest BCUT2D eigenvalue weighted by molar-refractivity contribution is 0.102. The van der Waals surface area contributed by atoms with Crippen LogP contribution >= 0.6 is 11.6 Å². The van der Waals surface area contributed by atoms with E-state index in [2.05, 4.69) is 15.3 Å². The number of anilines is 2. The zero-order valence-corrected chi connectivity index (χ0v) is 12.3. The highest BCUT2D eigenvalue weighted by Gasteiger charge is 2.11. The molecule has 0 aliphatic rings. The van der Waals surface area contributed by atoms with Crippen LogP contribution in [0.4, 0.5) is 11.6 Å². The first-order valence-electron chi connectivity index (χ1n) is 6.05. The lowest BCUT2D eigenvalue weighted by atomic mass is 10.2. The Balaban J connectivity index is 2.25. The minimum Gasteiger partial charge on any atom is -0.363 e. The largest absolute Gasteiger partial charge is 0.363 e. The molecule has 0 saturated carbocycles. The first-order valence-corrected chi connectivity index (χ1v) is 6.43. The van der Waals surface area contributed by atoms with Crippen molar-refractivity contribution in [1.82, 2.24) is 9.97 Å². The standard InChI is InChI=1S/C14H15ClN4O/c1-9-5-4-6-12(16-9)18-14(20)10-7-11(15)17-13(8-10)19(2)3/h4-8H,1-3H3,(H,16,18,20). The maximum atomic E-state index is 12.2. The fourth-order valence-electron chi connectivity index (χ4n) is 1.64. The van der Waals surface area contributed by atoms with Gasteiger partial charge in [0.15, 0.2) is 0 Å². The molecular formula is C14H15ClN4O. The molecule has 0 radical (unpaired) electrons. The van der Waals surface area contributed by atoms with Crippen LogP contribution in [-0.4, -0.2) is 30.0 Å².